The monoisotopic (exact) mass is 396 g/mol. The number of piperidine rings is 1. The molecule has 1 aliphatic heterocycles. The molecule has 3 nitrogen and oxygen atoms in total. The minimum absolute atomic E-state index is 0.218. The maximum Gasteiger partial charge on any atom is 0.417 e. The zero-order valence-electron chi connectivity index (χ0n) is 14.7. The largest absolute Gasteiger partial charge is 0.417 e. The van der Waals surface area contributed by atoms with Gasteiger partial charge in [-0.1, -0.05) is 30.2 Å². The van der Waals surface area contributed by atoms with Gasteiger partial charge >= 0.3 is 6.18 Å². The Morgan fingerprint density at radius 1 is 1.04 bits per heavy atom. The normalized spacial score (nSPS) is 15.6. The van der Waals surface area contributed by atoms with Gasteiger partial charge in [0.1, 0.15) is 0 Å². The number of hydrogen-bond acceptors (Lipinski definition) is 2. The van der Waals surface area contributed by atoms with Gasteiger partial charge in [-0.3, -0.25) is 9.69 Å². The van der Waals surface area contributed by atoms with Crippen LogP contribution in [-0.2, 0) is 12.7 Å². The average Bonchev–Trinajstić information content (AvgIpc) is 2.62. The van der Waals surface area contributed by atoms with Crippen molar-refractivity contribution < 1.29 is 18.0 Å². The van der Waals surface area contributed by atoms with Gasteiger partial charge in [-0.2, -0.15) is 13.2 Å². The van der Waals surface area contributed by atoms with Gasteiger partial charge in [-0.05, 0) is 61.8 Å². The van der Waals surface area contributed by atoms with Gasteiger partial charge in [0.25, 0.3) is 5.91 Å². The Kier molecular flexibility index (Phi) is 6.07. The van der Waals surface area contributed by atoms with Crippen LogP contribution in [0.25, 0.3) is 0 Å². The number of hydrogen-bond donors (Lipinski definition) is 1. The van der Waals surface area contributed by atoms with Crippen molar-refractivity contribution in [2.24, 2.45) is 0 Å². The number of halogens is 4. The number of rotatable bonds is 4. The molecule has 1 heterocycles. The highest BCUT2D eigenvalue weighted by Crippen LogP contribution is 2.35. The van der Waals surface area contributed by atoms with Crippen LogP contribution in [0.15, 0.2) is 42.5 Å². The van der Waals surface area contributed by atoms with Crippen LogP contribution in [0, 0.1) is 0 Å². The molecule has 1 aliphatic rings. The van der Waals surface area contributed by atoms with Crippen molar-refractivity contribution in [3.63, 3.8) is 0 Å². The number of amides is 1. The summed E-state index contributed by atoms with van der Waals surface area (Å²) in [4.78, 5) is 14.7. The van der Waals surface area contributed by atoms with Crippen LogP contribution in [-0.4, -0.2) is 23.9 Å². The summed E-state index contributed by atoms with van der Waals surface area (Å²) in [6, 6.07) is 10.4. The van der Waals surface area contributed by atoms with Gasteiger partial charge in [0.05, 0.1) is 10.6 Å². The maximum atomic E-state index is 12.7. The lowest BCUT2D eigenvalue weighted by Crippen LogP contribution is -2.29. The van der Waals surface area contributed by atoms with Crippen LogP contribution in [0.5, 0.6) is 0 Å². The maximum absolute atomic E-state index is 12.7. The molecule has 0 spiro atoms. The van der Waals surface area contributed by atoms with E-state index in [4.69, 9.17) is 11.6 Å². The standard InChI is InChI=1S/C20H20ClF3N2O/c21-18-12-16(8-9-17(18)20(22,23)24)25-19(27)15-6-4-14(5-7-15)13-26-10-2-1-3-11-26/h4-9,12H,1-3,10-11,13H2,(H,25,27). The number of likely N-dealkylation sites (tertiary alicyclic amines) is 1. The SMILES string of the molecule is O=C(Nc1ccc(C(F)(F)F)c(Cl)c1)c1ccc(CN2CCCCC2)cc1. The fourth-order valence-electron chi connectivity index (χ4n) is 3.16. The third-order valence-corrected chi connectivity index (χ3v) is 4.92. The first kappa shape index (κ1) is 19.7. The summed E-state index contributed by atoms with van der Waals surface area (Å²) in [6.45, 7) is 3.05. The first-order chi connectivity index (χ1) is 12.8. The van der Waals surface area contributed by atoms with Crippen molar-refractivity contribution >= 4 is 23.2 Å². The van der Waals surface area contributed by atoms with Crippen molar-refractivity contribution in [3.05, 3.63) is 64.2 Å². The molecule has 0 unspecified atom stereocenters. The second kappa shape index (κ2) is 8.31. The Morgan fingerprint density at radius 3 is 2.30 bits per heavy atom. The Hall–Kier alpha value is -2.05. The van der Waals surface area contributed by atoms with Crippen molar-refractivity contribution in [1.29, 1.82) is 0 Å². The van der Waals surface area contributed by atoms with Gasteiger partial charge in [0.2, 0.25) is 0 Å². The van der Waals surface area contributed by atoms with E-state index in [9.17, 15) is 18.0 Å². The van der Waals surface area contributed by atoms with Gasteiger partial charge in [0.15, 0.2) is 0 Å². The topological polar surface area (TPSA) is 32.3 Å². The molecular weight excluding hydrogens is 377 g/mol. The van der Waals surface area contributed by atoms with E-state index in [1.165, 1.54) is 25.3 Å². The lowest BCUT2D eigenvalue weighted by atomic mass is 10.1. The van der Waals surface area contributed by atoms with Gasteiger partial charge in [-0.25, -0.2) is 0 Å². The Bertz CT molecular complexity index is 800. The molecule has 0 saturated carbocycles. The second-order valence-corrected chi connectivity index (χ2v) is 7.09. The zero-order valence-corrected chi connectivity index (χ0v) is 15.4. The van der Waals surface area contributed by atoms with Crippen LogP contribution in [0.1, 0.15) is 40.7 Å². The molecular formula is C20H20ClF3N2O. The van der Waals surface area contributed by atoms with Crippen LogP contribution in [0.2, 0.25) is 5.02 Å². The molecule has 0 atom stereocenters. The quantitative estimate of drug-likeness (QED) is 0.729. The lowest BCUT2D eigenvalue weighted by Gasteiger charge is -2.26. The molecule has 27 heavy (non-hydrogen) atoms. The molecule has 2 aromatic carbocycles. The molecule has 7 heteroatoms. The molecule has 0 aliphatic carbocycles. The van der Waals surface area contributed by atoms with Crippen molar-refractivity contribution in [2.75, 3.05) is 18.4 Å². The van der Waals surface area contributed by atoms with Gasteiger partial charge in [0, 0.05) is 17.8 Å². The smallest absolute Gasteiger partial charge is 0.322 e. The van der Waals surface area contributed by atoms with Crippen LogP contribution in [0.4, 0.5) is 18.9 Å². The molecule has 0 bridgehead atoms. The Morgan fingerprint density at radius 2 is 1.70 bits per heavy atom. The van der Waals surface area contributed by atoms with Crippen molar-refractivity contribution in [2.45, 2.75) is 32.0 Å². The highest BCUT2D eigenvalue weighted by atomic mass is 35.5. The van der Waals surface area contributed by atoms with Crippen LogP contribution in [0.3, 0.4) is 0 Å². The van der Waals surface area contributed by atoms with E-state index < -0.39 is 22.7 Å². The minimum Gasteiger partial charge on any atom is -0.322 e. The van der Waals surface area contributed by atoms with E-state index in [0.717, 1.165) is 37.3 Å². The van der Waals surface area contributed by atoms with E-state index in [0.29, 0.717) is 5.56 Å². The van der Waals surface area contributed by atoms with Crippen molar-refractivity contribution in [1.82, 2.24) is 4.90 Å². The number of nitrogens with one attached hydrogen (secondary N) is 1. The van der Waals surface area contributed by atoms with Crippen LogP contribution >= 0.6 is 11.6 Å². The predicted molar refractivity (Wildman–Crippen MR) is 100.0 cm³/mol. The third-order valence-electron chi connectivity index (χ3n) is 4.60. The number of carbonyl (C=O) groups excluding carboxylic acids is 1. The molecule has 3 rings (SSSR count). The molecule has 0 aromatic heterocycles. The second-order valence-electron chi connectivity index (χ2n) is 6.68. The summed E-state index contributed by atoms with van der Waals surface area (Å²) >= 11 is 5.68. The summed E-state index contributed by atoms with van der Waals surface area (Å²) in [5.74, 6) is -0.393. The number of anilines is 1. The highest BCUT2D eigenvalue weighted by Gasteiger charge is 2.33. The summed E-state index contributed by atoms with van der Waals surface area (Å²) in [5.41, 5.74) is 0.860. The zero-order chi connectivity index (χ0) is 19.4. The third kappa shape index (κ3) is 5.23. The Labute approximate surface area is 161 Å². The van der Waals surface area contributed by atoms with Crippen LogP contribution < -0.4 is 5.32 Å². The lowest BCUT2D eigenvalue weighted by molar-refractivity contribution is -0.137. The van der Waals surface area contributed by atoms with E-state index >= 15 is 0 Å². The Balaban J connectivity index is 1.63. The molecule has 2 aromatic rings. The van der Waals surface area contributed by atoms with Gasteiger partial charge in [-0.15, -0.1) is 0 Å². The molecule has 0 radical (unpaired) electrons. The molecule has 1 amide bonds. The first-order valence-electron chi connectivity index (χ1n) is 8.82. The predicted octanol–water partition coefficient (Wildman–Crippen LogP) is 5.60. The number of benzene rings is 2. The number of carbonyl (C=O) groups is 1. The van der Waals surface area contributed by atoms with E-state index in [2.05, 4.69) is 10.2 Å². The molecule has 1 N–H and O–H groups in total. The highest BCUT2D eigenvalue weighted by molar-refractivity contribution is 6.31. The fourth-order valence-corrected chi connectivity index (χ4v) is 3.45. The average molecular weight is 397 g/mol. The number of alkyl halides is 3. The first-order valence-corrected chi connectivity index (χ1v) is 9.20. The minimum atomic E-state index is -4.52. The summed E-state index contributed by atoms with van der Waals surface area (Å²) in [6.07, 6.45) is -0.806. The molecule has 1 fully saturated rings. The number of nitrogens with zero attached hydrogens (tertiary/aromatic N) is 1. The summed E-state index contributed by atoms with van der Waals surface area (Å²) in [5, 5.41) is 2.13. The van der Waals surface area contributed by atoms with Crippen molar-refractivity contribution in [3.8, 4) is 0 Å². The summed E-state index contributed by atoms with van der Waals surface area (Å²) < 4.78 is 38.2. The van der Waals surface area contributed by atoms with E-state index in [1.807, 2.05) is 12.1 Å². The van der Waals surface area contributed by atoms with Gasteiger partial charge < -0.3 is 5.32 Å². The summed E-state index contributed by atoms with van der Waals surface area (Å²) in [7, 11) is 0. The van der Waals surface area contributed by atoms with E-state index in [1.54, 1.807) is 12.1 Å². The molecule has 144 valence electrons. The molecule has 1 saturated heterocycles. The fraction of sp³-hybridized carbons (Fsp3) is 0.350. The van der Waals surface area contributed by atoms with E-state index in [-0.39, 0.29) is 5.69 Å².